The van der Waals surface area contributed by atoms with Gasteiger partial charge < -0.3 is 27.8 Å². The molecule has 118 valence electrons. The van der Waals surface area contributed by atoms with E-state index in [0.717, 1.165) is 12.8 Å². The van der Waals surface area contributed by atoms with Crippen molar-refractivity contribution < 1.29 is 17.5 Å². The molecule has 2 atom stereocenters. The van der Waals surface area contributed by atoms with Crippen LogP contribution in [0.3, 0.4) is 0 Å². The van der Waals surface area contributed by atoms with Gasteiger partial charge in [0.2, 0.25) is 0 Å². The molecule has 2 heterocycles. The SMILES string of the molecule is CCCCCCC(C(C)O)n1cnc2c(N)ncnc21.[Cl-]. The number of imidazole rings is 1. The molecule has 21 heavy (non-hydrogen) atoms. The molecule has 0 saturated heterocycles. The topological polar surface area (TPSA) is 89.8 Å². The van der Waals surface area contributed by atoms with E-state index in [2.05, 4.69) is 21.9 Å². The van der Waals surface area contributed by atoms with Gasteiger partial charge in [0, 0.05) is 0 Å². The summed E-state index contributed by atoms with van der Waals surface area (Å²) >= 11 is 0. The number of nitrogens with zero attached hydrogens (tertiary/aromatic N) is 4. The lowest BCUT2D eigenvalue weighted by atomic mass is 10.0. The molecule has 0 fully saturated rings. The van der Waals surface area contributed by atoms with Gasteiger partial charge in [-0.1, -0.05) is 32.6 Å². The highest BCUT2D eigenvalue weighted by Crippen LogP contribution is 2.25. The van der Waals surface area contributed by atoms with Crippen LogP contribution in [0.1, 0.15) is 52.0 Å². The van der Waals surface area contributed by atoms with E-state index in [1.54, 1.807) is 13.3 Å². The summed E-state index contributed by atoms with van der Waals surface area (Å²) in [6.07, 6.45) is 8.30. The summed E-state index contributed by atoms with van der Waals surface area (Å²) in [6, 6.07) is -0.0221. The molecule has 2 aromatic heterocycles. The smallest absolute Gasteiger partial charge is 0.165 e. The molecule has 0 aliphatic carbocycles. The lowest BCUT2D eigenvalue weighted by molar-refractivity contribution is -0.00000680. The Bertz CT molecular complexity index is 557. The zero-order valence-corrected chi connectivity index (χ0v) is 13.3. The van der Waals surface area contributed by atoms with Gasteiger partial charge in [0.25, 0.3) is 0 Å². The highest BCUT2D eigenvalue weighted by atomic mass is 35.5. The van der Waals surface area contributed by atoms with Crippen molar-refractivity contribution >= 4 is 17.0 Å². The number of hydrogen-bond acceptors (Lipinski definition) is 5. The van der Waals surface area contributed by atoms with Crippen molar-refractivity contribution in [1.29, 1.82) is 0 Å². The van der Waals surface area contributed by atoms with E-state index in [-0.39, 0.29) is 18.4 Å². The highest BCUT2D eigenvalue weighted by Gasteiger charge is 2.20. The maximum absolute atomic E-state index is 10.0. The molecule has 6 nitrogen and oxygen atoms in total. The predicted octanol–water partition coefficient (Wildman–Crippen LogP) is -0.695. The van der Waals surface area contributed by atoms with Crippen LogP contribution in [0.5, 0.6) is 0 Å². The van der Waals surface area contributed by atoms with Crippen molar-refractivity contribution in [3.8, 4) is 0 Å². The Hall–Kier alpha value is -1.40. The van der Waals surface area contributed by atoms with Crippen molar-refractivity contribution in [3.05, 3.63) is 12.7 Å². The van der Waals surface area contributed by atoms with Crippen LogP contribution in [0.4, 0.5) is 5.82 Å². The van der Waals surface area contributed by atoms with Gasteiger partial charge in [0.15, 0.2) is 11.5 Å². The summed E-state index contributed by atoms with van der Waals surface area (Å²) in [4.78, 5) is 12.5. The average Bonchev–Trinajstić information content (AvgIpc) is 2.84. The number of aliphatic hydroxyl groups excluding tert-OH is 1. The molecule has 2 unspecified atom stereocenters. The Labute approximate surface area is 131 Å². The van der Waals surface area contributed by atoms with Gasteiger partial charge in [-0.15, -0.1) is 0 Å². The Morgan fingerprint density at radius 2 is 2.00 bits per heavy atom. The van der Waals surface area contributed by atoms with Gasteiger partial charge >= 0.3 is 0 Å². The van der Waals surface area contributed by atoms with Crippen LogP contribution in [0.15, 0.2) is 12.7 Å². The van der Waals surface area contributed by atoms with Crippen molar-refractivity contribution in [2.75, 3.05) is 5.73 Å². The molecule has 0 aromatic carbocycles. The number of nitrogens with two attached hydrogens (primary N) is 1. The molecular weight excluding hydrogens is 290 g/mol. The average molecular weight is 313 g/mol. The molecule has 0 bridgehead atoms. The molecular formula is C14H23ClN5O-. The summed E-state index contributed by atoms with van der Waals surface area (Å²) in [5.41, 5.74) is 7.09. The van der Waals surface area contributed by atoms with Crippen molar-refractivity contribution in [1.82, 2.24) is 19.5 Å². The third kappa shape index (κ3) is 4.04. The second-order valence-corrected chi connectivity index (χ2v) is 5.24. The van der Waals surface area contributed by atoms with Crippen LogP contribution in [0.25, 0.3) is 11.2 Å². The third-order valence-corrected chi connectivity index (χ3v) is 3.65. The first-order valence-electron chi connectivity index (χ1n) is 7.26. The normalized spacial score (nSPS) is 13.9. The number of fused-ring (bicyclic) bond motifs is 1. The molecule has 0 aliphatic heterocycles. The maximum atomic E-state index is 10.0. The van der Waals surface area contributed by atoms with Crippen molar-refractivity contribution in [2.24, 2.45) is 0 Å². The number of unbranched alkanes of at least 4 members (excludes halogenated alkanes) is 3. The van der Waals surface area contributed by atoms with Crippen LogP contribution in [0.2, 0.25) is 0 Å². The maximum Gasteiger partial charge on any atom is 0.165 e. The fourth-order valence-corrected chi connectivity index (χ4v) is 2.51. The molecule has 0 spiro atoms. The zero-order chi connectivity index (χ0) is 14.5. The van der Waals surface area contributed by atoms with E-state index in [0.29, 0.717) is 17.0 Å². The van der Waals surface area contributed by atoms with E-state index in [9.17, 15) is 5.11 Å². The minimum Gasteiger partial charge on any atom is -1.00 e. The fourth-order valence-electron chi connectivity index (χ4n) is 2.51. The van der Waals surface area contributed by atoms with Gasteiger partial charge in [-0.05, 0) is 13.3 Å². The number of rotatable bonds is 7. The quantitative estimate of drug-likeness (QED) is 0.660. The molecule has 0 saturated carbocycles. The second-order valence-electron chi connectivity index (χ2n) is 5.24. The number of hydrogen-bond donors (Lipinski definition) is 2. The molecule has 3 N–H and O–H groups in total. The first-order valence-corrected chi connectivity index (χ1v) is 7.26. The van der Waals surface area contributed by atoms with Gasteiger partial charge in [-0.25, -0.2) is 15.0 Å². The molecule has 7 heteroatoms. The molecule has 0 radical (unpaired) electrons. The number of anilines is 1. The molecule has 2 rings (SSSR count). The molecule has 0 amide bonds. The van der Waals surface area contributed by atoms with Crippen molar-refractivity contribution in [3.63, 3.8) is 0 Å². The Balaban J connectivity index is 0.00000220. The van der Waals surface area contributed by atoms with Crippen LogP contribution >= 0.6 is 0 Å². The second kappa shape index (κ2) is 8.14. The standard InChI is InChI=1S/C14H23N5O.ClH/c1-3-4-5-6-7-11(10(2)20)19-9-18-12-13(15)16-8-17-14(12)19;/h8-11,20H,3-7H2,1-2H3,(H2,15,16,17);1H/p-1. The lowest BCUT2D eigenvalue weighted by Gasteiger charge is -2.21. The Morgan fingerprint density at radius 3 is 2.67 bits per heavy atom. The summed E-state index contributed by atoms with van der Waals surface area (Å²) < 4.78 is 1.92. The highest BCUT2D eigenvalue weighted by molar-refractivity contribution is 5.81. The van der Waals surface area contributed by atoms with Crippen LogP contribution in [-0.4, -0.2) is 30.7 Å². The Kier molecular flexibility index (Phi) is 6.84. The number of nitrogen functional groups attached to an aromatic ring is 1. The van der Waals surface area contributed by atoms with E-state index < -0.39 is 6.10 Å². The van der Waals surface area contributed by atoms with Crippen LogP contribution < -0.4 is 18.1 Å². The van der Waals surface area contributed by atoms with Gasteiger partial charge in [-0.3, -0.25) is 0 Å². The molecule has 0 aliphatic rings. The first-order chi connectivity index (χ1) is 9.65. The lowest BCUT2D eigenvalue weighted by Crippen LogP contribution is -3.00. The fraction of sp³-hybridized carbons (Fsp3) is 0.643. The minimum atomic E-state index is -0.454. The van der Waals surface area contributed by atoms with E-state index >= 15 is 0 Å². The third-order valence-electron chi connectivity index (χ3n) is 3.65. The molecule has 2 aromatic rings. The predicted molar refractivity (Wildman–Crippen MR) is 79.2 cm³/mol. The van der Waals surface area contributed by atoms with Gasteiger partial charge in [0.05, 0.1) is 18.5 Å². The van der Waals surface area contributed by atoms with Gasteiger partial charge in [0.1, 0.15) is 11.8 Å². The summed E-state index contributed by atoms with van der Waals surface area (Å²) in [5.74, 6) is 0.379. The van der Waals surface area contributed by atoms with Crippen molar-refractivity contribution in [2.45, 2.75) is 58.1 Å². The van der Waals surface area contributed by atoms with Crippen LogP contribution in [-0.2, 0) is 0 Å². The minimum absolute atomic E-state index is 0. The van der Waals surface area contributed by atoms with E-state index in [1.807, 2.05) is 4.57 Å². The zero-order valence-electron chi connectivity index (χ0n) is 12.5. The van der Waals surface area contributed by atoms with Crippen LogP contribution in [0, 0.1) is 0 Å². The van der Waals surface area contributed by atoms with Gasteiger partial charge in [-0.2, -0.15) is 0 Å². The Morgan fingerprint density at radius 1 is 1.24 bits per heavy atom. The van der Waals surface area contributed by atoms with E-state index in [1.165, 1.54) is 25.6 Å². The number of halogens is 1. The number of aliphatic hydroxyl groups is 1. The summed E-state index contributed by atoms with van der Waals surface area (Å²) in [6.45, 7) is 4.00. The summed E-state index contributed by atoms with van der Waals surface area (Å²) in [7, 11) is 0. The summed E-state index contributed by atoms with van der Waals surface area (Å²) in [5, 5.41) is 10.0. The number of aromatic nitrogens is 4. The monoisotopic (exact) mass is 312 g/mol. The van der Waals surface area contributed by atoms with E-state index in [4.69, 9.17) is 5.73 Å². The first kappa shape index (κ1) is 17.7. The largest absolute Gasteiger partial charge is 1.00 e.